The Balaban J connectivity index is 2.19. The van der Waals surface area contributed by atoms with Crippen LogP contribution in [0.2, 0.25) is 0 Å². The third-order valence-electron chi connectivity index (χ3n) is 2.48. The van der Waals surface area contributed by atoms with Gasteiger partial charge in [-0.3, -0.25) is 4.98 Å². The van der Waals surface area contributed by atoms with Crippen LogP contribution < -0.4 is 0 Å². The molecule has 16 heavy (non-hydrogen) atoms. The number of nitrogens with zero attached hydrogens (tertiary/aromatic N) is 2. The van der Waals surface area contributed by atoms with E-state index in [-0.39, 0.29) is 0 Å². The predicted molar refractivity (Wildman–Crippen MR) is 63.8 cm³/mol. The van der Waals surface area contributed by atoms with Gasteiger partial charge in [-0.15, -0.1) is 0 Å². The molecule has 0 N–H and O–H groups in total. The van der Waals surface area contributed by atoms with Crippen LogP contribution in [0.25, 0.3) is 22.2 Å². The fraction of sp³-hybridized carbons (Fsp3) is 0. The molecule has 0 unspecified atom stereocenters. The van der Waals surface area contributed by atoms with Crippen LogP contribution in [0.15, 0.2) is 54.7 Å². The first-order valence-electron chi connectivity index (χ1n) is 5.12. The molecule has 3 rings (SSSR count). The van der Waals surface area contributed by atoms with E-state index in [1.807, 2.05) is 42.5 Å². The lowest BCUT2D eigenvalue weighted by molar-refractivity contribution is 1.25. The van der Waals surface area contributed by atoms with E-state index in [0.29, 0.717) is 0 Å². The number of hydrogen-bond donors (Lipinski definition) is 0. The van der Waals surface area contributed by atoms with E-state index in [2.05, 4.69) is 22.2 Å². The largest absolute Gasteiger partial charge is 0.255 e. The smallest absolute Gasteiger partial charge is 0.0979 e. The van der Waals surface area contributed by atoms with E-state index in [4.69, 9.17) is 0 Å². The summed E-state index contributed by atoms with van der Waals surface area (Å²) in [7, 11) is 0. The quantitative estimate of drug-likeness (QED) is 0.610. The molecule has 1 aromatic carbocycles. The second kappa shape index (κ2) is 3.74. The molecule has 1 radical (unpaired) electrons. The average molecular weight is 205 g/mol. The minimum atomic E-state index is 0.860. The molecule has 0 fully saturated rings. The van der Waals surface area contributed by atoms with Crippen molar-refractivity contribution in [3.8, 4) is 11.4 Å². The van der Waals surface area contributed by atoms with Gasteiger partial charge in [-0.1, -0.05) is 30.3 Å². The van der Waals surface area contributed by atoms with Gasteiger partial charge in [-0.2, -0.15) is 0 Å². The van der Waals surface area contributed by atoms with Crippen molar-refractivity contribution in [3.05, 3.63) is 60.9 Å². The van der Waals surface area contributed by atoms with Crippen molar-refractivity contribution in [3.63, 3.8) is 0 Å². The summed E-state index contributed by atoms with van der Waals surface area (Å²) >= 11 is 0. The summed E-state index contributed by atoms with van der Waals surface area (Å²) in [4.78, 5) is 8.56. The number of fused-ring (bicyclic) bond motifs is 1. The van der Waals surface area contributed by atoms with Crippen molar-refractivity contribution >= 4 is 10.8 Å². The summed E-state index contributed by atoms with van der Waals surface area (Å²) in [5.41, 5.74) is 1.74. The summed E-state index contributed by atoms with van der Waals surface area (Å²) in [6, 6.07) is 15.9. The zero-order valence-corrected chi connectivity index (χ0v) is 8.59. The van der Waals surface area contributed by atoms with Crippen LogP contribution in [0.3, 0.4) is 0 Å². The van der Waals surface area contributed by atoms with Gasteiger partial charge in [0.25, 0.3) is 0 Å². The Labute approximate surface area is 93.6 Å². The number of benzene rings is 1. The maximum absolute atomic E-state index is 4.29. The van der Waals surface area contributed by atoms with Crippen LogP contribution in [-0.4, -0.2) is 9.97 Å². The first kappa shape index (κ1) is 9.04. The zero-order valence-electron chi connectivity index (χ0n) is 8.59. The Morgan fingerprint density at radius 2 is 1.75 bits per heavy atom. The van der Waals surface area contributed by atoms with Crippen molar-refractivity contribution in [2.45, 2.75) is 0 Å². The van der Waals surface area contributed by atoms with Crippen LogP contribution >= 0.6 is 0 Å². The van der Waals surface area contributed by atoms with Crippen molar-refractivity contribution in [2.24, 2.45) is 0 Å². The van der Waals surface area contributed by atoms with Crippen molar-refractivity contribution in [2.75, 3.05) is 0 Å². The van der Waals surface area contributed by atoms with E-state index >= 15 is 0 Å². The van der Waals surface area contributed by atoms with E-state index in [9.17, 15) is 0 Å². The topological polar surface area (TPSA) is 25.8 Å². The number of aromatic nitrogens is 2. The summed E-state index contributed by atoms with van der Waals surface area (Å²) in [6.07, 6.45) is 4.80. The first-order chi connectivity index (χ1) is 7.93. The lowest BCUT2D eigenvalue weighted by Crippen LogP contribution is -1.86. The highest BCUT2D eigenvalue weighted by molar-refractivity contribution is 5.84. The maximum atomic E-state index is 4.29. The molecule has 0 aliphatic heterocycles. The maximum Gasteiger partial charge on any atom is 0.0979 e. The fourth-order valence-corrected chi connectivity index (χ4v) is 1.67. The molecule has 2 aromatic heterocycles. The highest BCUT2D eigenvalue weighted by Crippen LogP contribution is 2.19. The number of pyridine rings is 2. The number of hydrogen-bond acceptors (Lipinski definition) is 2. The minimum absolute atomic E-state index is 0.860. The highest BCUT2D eigenvalue weighted by Gasteiger charge is 2.01. The van der Waals surface area contributed by atoms with Gasteiger partial charge in [0.2, 0.25) is 0 Å². The molecule has 75 valence electrons. The fourth-order valence-electron chi connectivity index (χ4n) is 1.67. The molecule has 0 atom stereocenters. The Bertz CT molecular complexity index is 618. The van der Waals surface area contributed by atoms with Crippen LogP contribution in [0.4, 0.5) is 0 Å². The van der Waals surface area contributed by atoms with Gasteiger partial charge in [0, 0.05) is 11.6 Å². The highest BCUT2D eigenvalue weighted by atomic mass is 14.8. The minimum Gasteiger partial charge on any atom is -0.255 e. The molecule has 2 nitrogen and oxygen atoms in total. The summed E-state index contributed by atoms with van der Waals surface area (Å²) in [5, 5.41) is 2.17. The Morgan fingerprint density at radius 1 is 0.875 bits per heavy atom. The molecule has 0 spiro atoms. The van der Waals surface area contributed by atoms with Gasteiger partial charge in [0.15, 0.2) is 0 Å². The van der Waals surface area contributed by atoms with Gasteiger partial charge in [-0.25, -0.2) is 4.98 Å². The summed E-state index contributed by atoms with van der Waals surface area (Å²) < 4.78 is 0. The summed E-state index contributed by atoms with van der Waals surface area (Å²) in [5.74, 6) is 0. The second-order valence-electron chi connectivity index (χ2n) is 3.56. The molecule has 0 bridgehead atoms. The van der Waals surface area contributed by atoms with Crippen molar-refractivity contribution in [1.29, 1.82) is 0 Å². The van der Waals surface area contributed by atoms with Crippen LogP contribution in [0.5, 0.6) is 0 Å². The molecule has 0 saturated heterocycles. The third-order valence-corrected chi connectivity index (χ3v) is 2.48. The van der Waals surface area contributed by atoms with Crippen LogP contribution in [-0.2, 0) is 0 Å². The van der Waals surface area contributed by atoms with Gasteiger partial charge >= 0.3 is 0 Å². The molecule has 3 aromatic rings. The Hall–Kier alpha value is -2.22. The number of rotatable bonds is 1. The molecule has 0 saturated carbocycles. The van der Waals surface area contributed by atoms with Crippen molar-refractivity contribution in [1.82, 2.24) is 9.97 Å². The van der Waals surface area contributed by atoms with Gasteiger partial charge in [0.1, 0.15) is 0 Å². The molecule has 2 heteroatoms. The Morgan fingerprint density at radius 3 is 2.62 bits per heavy atom. The average Bonchev–Trinajstić information content (AvgIpc) is 2.39. The van der Waals surface area contributed by atoms with E-state index in [0.717, 1.165) is 22.2 Å². The standard InChI is InChI=1S/C14H9N2/c1-2-6-12-10-16-14(9-11(12)5-1)13-7-3-4-8-15-13/h1-9H. The molecular formula is C14H9N2. The van der Waals surface area contributed by atoms with Crippen LogP contribution in [0.1, 0.15) is 0 Å². The van der Waals surface area contributed by atoms with Gasteiger partial charge < -0.3 is 0 Å². The lowest BCUT2D eigenvalue weighted by atomic mass is 10.1. The summed E-state index contributed by atoms with van der Waals surface area (Å²) in [6.45, 7) is 0. The van der Waals surface area contributed by atoms with Gasteiger partial charge in [-0.05, 0) is 23.6 Å². The molecule has 0 amide bonds. The predicted octanol–water partition coefficient (Wildman–Crippen LogP) is 3.10. The molecule has 0 aliphatic carbocycles. The van der Waals surface area contributed by atoms with Crippen LogP contribution in [0, 0.1) is 6.20 Å². The van der Waals surface area contributed by atoms with Crippen molar-refractivity contribution < 1.29 is 0 Å². The second-order valence-corrected chi connectivity index (χ2v) is 3.56. The van der Waals surface area contributed by atoms with E-state index in [1.165, 1.54) is 0 Å². The first-order valence-corrected chi connectivity index (χ1v) is 5.12. The SMILES string of the molecule is [c]1nc(-c2ccccn2)cc2ccccc12. The monoisotopic (exact) mass is 205 g/mol. The Kier molecular flexibility index (Phi) is 2.11. The molecule has 2 heterocycles. The molecular weight excluding hydrogens is 196 g/mol. The van der Waals surface area contributed by atoms with Gasteiger partial charge in [0.05, 0.1) is 17.6 Å². The lowest BCUT2D eigenvalue weighted by Gasteiger charge is -2.01. The van der Waals surface area contributed by atoms with E-state index < -0.39 is 0 Å². The third kappa shape index (κ3) is 1.54. The van der Waals surface area contributed by atoms with E-state index in [1.54, 1.807) is 6.20 Å². The zero-order chi connectivity index (χ0) is 10.8. The molecule has 0 aliphatic rings. The normalized spacial score (nSPS) is 10.5.